The van der Waals surface area contributed by atoms with Crippen LogP contribution in [0.4, 0.5) is 0 Å². The number of ether oxygens (including phenoxy) is 1. The minimum Gasteiger partial charge on any atom is -0.497 e. The van der Waals surface area contributed by atoms with Crippen molar-refractivity contribution in [1.29, 1.82) is 0 Å². The van der Waals surface area contributed by atoms with Crippen molar-refractivity contribution in [3.05, 3.63) is 35.3 Å². The molecule has 0 aliphatic carbocycles. The molecule has 0 unspecified atom stereocenters. The number of benzene rings is 1. The Balaban J connectivity index is 1.81. The molecule has 2 atom stereocenters. The summed E-state index contributed by atoms with van der Waals surface area (Å²) in [6, 6.07) is 6.81. The van der Waals surface area contributed by atoms with Gasteiger partial charge in [-0.05, 0) is 26.0 Å². The van der Waals surface area contributed by atoms with Crippen LogP contribution < -0.4 is 4.74 Å². The van der Waals surface area contributed by atoms with Gasteiger partial charge in [0.2, 0.25) is 11.8 Å². The molecule has 1 aromatic carbocycles. The molecule has 7 heteroatoms. The van der Waals surface area contributed by atoms with Crippen LogP contribution >= 0.6 is 11.3 Å². The third kappa shape index (κ3) is 3.24. The molecule has 1 saturated heterocycles. The fourth-order valence-corrected chi connectivity index (χ4v) is 3.78. The summed E-state index contributed by atoms with van der Waals surface area (Å²) in [6.07, 6.45) is 1.77. The number of hydrogen-bond donors (Lipinski definition) is 0. The molecule has 0 N–H and O–H groups in total. The number of aromatic nitrogens is 1. The maximum Gasteiger partial charge on any atom is 0.246 e. The normalized spacial score (nSPS) is 21.0. The second-order valence-corrected chi connectivity index (χ2v) is 7.25. The number of rotatable bonds is 4. The van der Waals surface area contributed by atoms with Crippen LogP contribution in [0.5, 0.6) is 5.75 Å². The van der Waals surface area contributed by atoms with Gasteiger partial charge in [-0.15, -0.1) is 11.3 Å². The van der Waals surface area contributed by atoms with E-state index < -0.39 is 12.1 Å². The molecule has 6 nitrogen and oxygen atoms in total. The van der Waals surface area contributed by atoms with E-state index in [0.717, 1.165) is 21.2 Å². The molecule has 0 bridgehead atoms. The van der Waals surface area contributed by atoms with Crippen molar-refractivity contribution in [3.8, 4) is 16.3 Å². The van der Waals surface area contributed by atoms with E-state index in [1.165, 1.54) is 16.2 Å². The standard InChI is InChI=1S/C18H21N3O3S/c1-11-18(23)21(12(2)17(22)20(11)3)10-15-9-19-16(25-15)13-6-5-7-14(8-13)24-4/h5-9,11-12H,10H2,1-4H3/t11-,12-/m0/s1. The molecule has 2 aromatic rings. The molecule has 1 aromatic heterocycles. The molecule has 25 heavy (non-hydrogen) atoms. The summed E-state index contributed by atoms with van der Waals surface area (Å²) in [5, 5.41) is 0.863. The van der Waals surface area contributed by atoms with Gasteiger partial charge >= 0.3 is 0 Å². The molecule has 132 valence electrons. The highest BCUT2D eigenvalue weighted by Gasteiger charge is 2.39. The molecule has 0 saturated carbocycles. The summed E-state index contributed by atoms with van der Waals surface area (Å²) < 4.78 is 5.25. The quantitative estimate of drug-likeness (QED) is 0.841. The number of carbonyl (C=O) groups excluding carboxylic acids is 2. The van der Waals surface area contributed by atoms with E-state index in [-0.39, 0.29) is 11.8 Å². The lowest BCUT2D eigenvalue weighted by Gasteiger charge is -2.40. The molecule has 2 heterocycles. The number of methoxy groups -OCH3 is 1. The highest BCUT2D eigenvalue weighted by molar-refractivity contribution is 7.15. The predicted octanol–water partition coefficient (Wildman–Crippen LogP) is 2.40. The van der Waals surface area contributed by atoms with Crippen molar-refractivity contribution in [2.45, 2.75) is 32.5 Å². The Hall–Kier alpha value is -2.41. The average Bonchev–Trinajstić information content (AvgIpc) is 3.11. The molecule has 1 fully saturated rings. The first-order chi connectivity index (χ1) is 11.9. The van der Waals surface area contributed by atoms with Crippen LogP contribution in [0, 0.1) is 0 Å². The zero-order valence-electron chi connectivity index (χ0n) is 14.7. The molecule has 2 amide bonds. The van der Waals surface area contributed by atoms with Crippen molar-refractivity contribution in [2.24, 2.45) is 0 Å². The zero-order valence-corrected chi connectivity index (χ0v) is 15.5. The van der Waals surface area contributed by atoms with E-state index in [4.69, 9.17) is 4.74 Å². The predicted molar refractivity (Wildman–Crippen MR) is 96.3 cm³/mol. The number of likely N-dealkylation sites (N-methyl/N-ethyl adjacent to an activating group) is 1. The first-order valence-corrected chi connectivity index (χ1v) is 8.90. The lowest BCUT2D eigenvalue weighted by Crippen LogP contribution is -2.61. The van der Waals surface area contributed by atoms with Gasteiger partial charge in [0.05, 0.1) is 13.7 Å². The maximum atomic E-state index is 12.6. The summed E-state index contributed by atoms with van der Waals surface area (Å²) in [4.78, 5) is 33.4. The number of amides is 2. The number of carbonyl (C=O) groups is 2. The smallest absolute Gasteiger partial charge is 0.246 e. The van der Waals surface area contributed by atoms with Crippen molar-refractivity contribution < 1.29 is 14.3 Å². The Morgan fingerprint density at radius 3 is 2.68 bits per heavy atom. The van der Waals surface area contributed by atoms with Crippen LogP contribution in [-0.2, 0) is 16.1 Å². The Bertz CT molecular complexity index is 804. The van der Waals surface area contributed by atoms with Crippen molar-refractivity contribution in [3.63, 3.8) is 0 Å². The second kappa shape index (κ2) is 6.84. The fraction of sp³-hybridized carbons (Fsp3) is 0.389. The van der Waals surface area contributed by atoms with E-state index in [9.17, 15) is 9.59 Å². The van der Waals surface area contributed by atoms with Crippen LogP contribution in [0.1, 0.15) is 18.7 Å². The van der Waals surface area contributed by atoms with Crippen molar-refractivity contribution in [1.82, 2.24) is 14.8 Å². The SMILES string of the molecule is COc1cccc(-c2ncc(CN3C(=O)[C@H](C)N(C)C(=O)[C@@H]3C)s2)c1. The number of hydrogen-bond acceptors (Lipinski definition) is 5. The highest BCUT2D eigenvalue weighted by Crippen LogP contribution is 2.29. The van der Waals surface area contributed by atoms with Gasteiger partial charge in [-0.25, -0.2) is 4.98 Å². The first kappa shape index (κ1) is 17.4. The van der Waals surface area contributed by atoms with Gasteiger partial charge in [0, 0.05) is 23.7 Å². The van der Waals surface area contributed by atoms with Crippen LogP contribution in [0.25, 0.3) is 10.6 Å². The molecule has 0 radical (unpaired) electrons. The van der Waals surface area contributed by atoms with E-state index >= 15 is 0 Å². The van der Waals surface area contributed by atoms with Gasteiger partial charge in [-0.1, -0.05) is 12.1 Å². The van der Waals surface area contributed by atoms with Gasteiger partial charge in [0.25, 0.3) is 0 Å². The summed E-state index contributed by atoms with van der Waals surface area (Å²) in [5.41, 5.74) is 0.970. The average molecular weight is 359 g/mol. The summed E-state index contributed by atoms with van der Waals surface area (Å²) in [7, 11) is 3.30. The third-order valence-electron chi connectivity index (χ3n) is 4.59. The van der Waals surface area contributed by atoms with Crippen LogP contribution in [0.15, 0.2) is 30.5 Å². The monoisotopic (exact) mass is 359 g/mol. The van der Waals surface area contributed by atoms with Crippen LogP contribution in [0.2, 0.25) is 0 Å². The molecule has 1 aliphatic rings. The number of nitrogens with zero attached hydrogens (tertiary/aromatic N) is 3. The summed E-state index contributed by atoms with van der Waals surface area (Å²) in [5.74, 6) is 0.701. The Morgan fingerprint density at radius 2 is 1.96 bits per heavy atom. The van der Waals surface area contributed by atoms with E-state index in [2.05, 4.69) is 4.98 Å². The molecule has 3 rings (SSSR count). The van der Waals surface area contributed by atoms with Gasteiger partial charge in [0.15, 0.2) is 0 Å². The number of piperazine rings is 1. The first-order valence-electron chi connectivity index (χ1n) is 8.08. The second-order valence-electron chi connectivity index (χ2n) is 6.13. The van der Waals surface area contributed by atoms with Crippen LogP contribution in [0.3, 0.4) is 0 Å². The maximum absolute atomic E-state index is 12.6. The zero-order chi connectivity index (χ0) is 18.1. The van der Waals surface area contributed by atoms with E-state index in [1.807, 2.05) is 24.3 Å². The fourth-order valence-electron chi connectivity index (χ4n) is 2.87. The largest absolute Gasteiger partial charge is 0.497 e. The Kier molecular flexibility index (Phi) is 4.76. The Labute approximate surface area is 151 Å². The summed E-state index contributed by atoms with van der Waals surface area (Å²) in [6.45, 7) is 3.92. The van der Waals surface area contributed by atoms with Crippen LogP contribution in [-0.4, -0.2) is 52.8 Å². The van der Waals surface area contributed by atoms with Gasteiger partial charge in [0.1, 0.15) is 22.8 Å². The van der Waals surface area contributed by atoms with E-state index in [1.54, 1.807) is 39.1 Å². The molecular weight excluding hydrogens is 338 g/mol. The minimum absolute atomic E-state index is 0.0362. The molecule has 1 aliphatic heterocycles. The third-order valence-corrected chi connectivity index (χ3v) is 5.62. The topological polar surface area (TPSA) is 62.7 Å². The van der Waals surface area contributed by atoms with Crippen molar-refractivity contribution >= 4 is 23.2 Å². The van der Waals surface area contributed by atoms with E-state index in [0.29, 0.717) is 6.54 Å². The number of thiazole rings is 1. The Morgan fingerprint density at radius 1 is 1.20 bits per heavy atom. The molecular formula is C18H21N3O3S. The van der Waals surface area contributed by atoms with Gasteiger partial charge in [-0.3, -0.25) is 9.59 Å². The minimum atomic E-state index is -0.462. The van der Waals surface area contributed by atoms with Gasteiger partial charge in [-0.2, -0.15) is 0 Å². The lowest BCUT2D eigenvalue weighted by molar-refractivity contribution is -0.159. The molecule has 0 spiro atoms. The van der Waals surface area contributed by atoms with Gasteiger partial charge < -0.3 is 14.5 Å². The lowest BCUT2D eigenvalue weighted by atomic mass is 10.1. The van der Waals surface area contributed by atoms with Crippen molar-refractivity contribution in [2.75, 3.05) is 14.2 Å². The highest BCUT2D eigenvalue weighted by atomic mass is 32.1. The summed E-state index contributed by atoms with van der Waals surface area (Å²) >= 11 is 1.52.